The number of aromatic nitrogens is 1. The Morgan fingerprint density at radius 2 is 1.11 bits per heavy atom. The van der Waals surface area contributed by atoms with E-state index in [2.05, 4.69) is 80.0 Å². The van der Waals surface area contributed by atoms with Crippen molar-refractivity contribution in [2.24, 2.45) is 0 Å². The quantitative estimate of drug-likeness (QED) is 0.511. The zero-order valence-electron chi connectivity index (χ0n) is 11.3. The van der Waals surface area contributed by atoms with Gasteiger partial charge in [0, 0.05) is 21.8 Å². The molecule has 1 heterocycles. The molecule has 0 saturated heterocycles. The number of aromatic amines is 1. The van der Waals surface area contributed by atoms with E-state index in [9.17, 15) is 0 Å². The highest BCUT2D eigenvalue weighted by Crippen LogP contribution is 2.24. The van der Waals surface area contributed by atoms with Gasteiger partial charge in [0.1, 0.15) is 0 Å². The summed E-state index contributed by atoms with van der Waals surface area (Å²) in [5, 5.41) is 2.61. The van der Waals surface area contributed by atoms with E-state index in [0.717, 1.165) is 0 Å². The van der Waals surface area contributed by atoms with Gasteiger partial charge in [-0.2, -0.15) is 12.6 Å². The van der Waals surface area contributed by atoms with E-state index in [-0.39, 0.29) is 0 Å². The van der Waals surface area contributed by atoms with Crippen LogP contribution in [0.25, 0.3) is 21.8 Å². The lowest BCUT2D eigenvalue weighted by Gasteiger charge is -1.87. The third kappa shape index (κ3) is 3.30. The van der Waals surface area contributed by atoms with Crippen molar-refractivity contribution >= 4 is 34.4 Å². The second-order valence-corrected chi connectivity index (χ2v) is 3.92. The third-order valence-corrected chi connectivity index (χ3v) is 2.41. The Morgan fingerprint density at radius 1 is 0.778 bits per heavy atom. The van der Waals surface area contributed by atoms with Crippen LogP contribution in [0.1, 0.15) is 20.3 Å². The van der Waals surface area contributed by atoms with Crippen LogP contribution in [-0.4, -0.2) is 11.2 Å². The normalized spacial score (nSPS) is 9.33. The maximum Gasteiger partial charge on any atom is 0.0464 e. The van der Waals surface area contributed by atoms with Crippen molar-refractivity contribution in [2.45, 2.75) is 20.3 Å². The maximum atomic E-state index is 3.53. The highest BCUT2D eigenvalue weighted by Gasteiger charge is 2.00. The Hall–Kier alpha value is -1.41. The van der Waals surface area contributed by atoms with Gasteiger partial charge < -0.3 is 4.98 Å². The van der Waals surface area contributed by atoms with Crippen molar-refractivity contribution in [2.75, 3.05) is 6.26 Å². The maximum absolute atomic E-state index is 3.53. The van der Waals surface area contributed by atoms with E-state index in [4.69, 9.17) is 0 Å². The van der Waals surface area contributed by atoms with Crippen molar-refractivity contribution in [3.63, 3.8) is 0 Å². The molecule has 1 N–H and O–H groups in total. The zero-order valence-corrected chi connectivity index (χ0v) is 12.2. The number of H-pyrrole nitrogens is 1. The number of rotatable bonds is 0. The summed E-state index contributed by atoms with van der Waals surface area (Å²) >= 11 is 3.53. The predicted molar refractivity (Wildman–Crippen MR) is 86.7 cm³/mol. The minimum atomic E-state index is 1.21. The van der Waals surface area contributed by atoms with Gasteiger partial charge in [0.2, 0.25) is 0 Å². The van der Waals surface area contributed by atoms with Crippen molar-refractivity contribution in [3.8, 4) is 0 Å². The highest BCUT2D eigenvalue weighted by molar-refractivity contribution is 7.79. The SMILES string of the molecule is CCC.CS.c1ccc2c(c1)[nH]c1ccccc12. The molecule has 1 aromatic heterocycles. The molecule has 0 fully saturated rings. The Kier molecular flexibility index (Phi) is 6.37. The first kappa shape index (κ1) is 14.7. The first-order chi connectivity index (χ1) is 8.86. The first-order valence-electron chi connectivity index (χ1n) is 6.27. The number of thiol groups is 1. The molecule has 1 nitrogen and oxygen atoms in total. The standard InChI is InChI=1S/C12H9N.C3H8.CH4S/c1-3-7-11-9(5-1)10-6-2-4-8-12(10)13-11;1-3-2;1-2/h1-8,13H;3H2,1-2H3;2H,1H3. The number of fused-ring (bicyclic) bond motifs is 3. The molecular formula is C16H21NS. The lowest BCUT2D eigenvalue weighted by molar-refractivity contribution is 1.09. The average Bonchev–Trinajstić information content (AvgIpc) is 2.80. The molecule has 0 amide bonds. The van der Waals surface area contributed by atoms with Gasteiger partial charge in [-0.15, -0.1) is 0 Å². The predicted octanol–water partition coefficient (Wildman–Crippen LogP) is 5.28. The summed E-state index contributed by atoms with van der Waals surface area (Å²) in [6, 6.07) is 16.8. The molecule has 0 radical (unpaired) electrons. The Bertz CT molecular complexity index is 533. The molecule has 18 heavy (non-hydrogen) atoms. The molecule has 3 aromatic rings. The van der Waals surface area contributed by atoms with Crippen LogP contribution in [-0.2, 0) is 0 Å². The molecule has 0 bridgehead atoms. The number of benzene rings is 2. The lowest BCUT2D eigenvalue weighted by Crippen LogP contribution is -1.62. The molecule has 2 aromatic carbocycles. The highest BCUT2D eigenvalue weighted by atomic mass is 32.1. The smallest absolute Gasteiger partial charge is 0.0464 e. The van der Waals surface area contributed by atoms with Crippen LogP contribution in [0.2, 0.25) is 0 Å². The molecule has 0 aliphatic carbocycles. The summed E-state index contributed by atoms with van der Waals surface area (Å²) in [5.41, 5.74) is 2.42. The Balaban J connectivity index is 0.000000288. The van der Waals surface area contributed by atoms with Crippen LogP contribution in [0.4, 0.5) is 0 Å². The summed E-state index contributed by atoms with van der Waals surface area (Å²) in [7, 11) is 0. The van der Waals surface area contributed by atoms with Crippen LogP contribution < -0.4 is 0 Å². The van der Waals surface area contributed by atoms with E-state index < -0.39 is 0 Å². The van der Waals surface area contributed by atoms with Crippen molar-refractivity contribution in [1.29, 1.82) is 0 Å². The topological polar surface area (TPSA) is 15.8 Å². The van der Waals surface area contributed by atoms with E-state index in [1.54, 1.807) is 6.26 Å². The van der Waals surface area contributed by atoms with Gasteiger partial charge in [-0.3, -0.25) is 0 Å². The van der Waals surface area contributed by atoms with Crippen molar-refractivity contribution < 1.29 is 0 Å². The Labute approximate surface area is 115 Å². The molecular weight excluding hydrogens is 238 g/mol. The van der Waals surface area contributed by atoms with E-state index in [0.29, 0.717) is 0 Å². The number of hydrogen-bond acceptors (Lipinski definition) is 1. The summed E-state index contributed by atoms with van der Waals surface area (Å²) in [5.74, 6) is 0. The third-order valence-electron chi connectivity index (χ3n) is 2.41. The number of para-hydroxylation sites is 2. The molecule has 0 unspecified atom stereocenters. The van der Waals surface area contributed by atoms with Gasteiger partial charge in [-0.05, 0) is 18.4 Å². The minimum Gasteiger partial charge on any atom is -0.355 e. The van der Waals surface area contributed by atoms with Crippen molar-refractivity contribution in [3.05, 3.63) is 48.5 Å². The summed E-state index contributed by atoms with van der Waals surface area (Å²) in [6.45, 7) is 4.25. The fraction of sp³-hybridized carbons (Fsp3) is 0.250. The average molecular weight is 259 g/mol. The molecule has 0 aliphatic heterocycles. The van der Waals surface area contributed by atoms with Crippen LogP contribution in [0.15, 0.2) is 48.5 Å². The van der Waals surface area contributed by atoms with Gasteiger partial charge in [0.15, 0.2) is 0 Å². The monoisotopic (exact) mass is 259 g/mol. The van der Waals surface area contributed by atoms with Crippen molar-refractivity contribution in [1.82, 2.24) is 4.98 Å². The second-order valence-electron chi connectivity index (χ2n) is 3.92. The summed E-state index contributed by atoms with van der Waals surface area (Å²) in [4.78, 5) is 3.38. The van der Waals surface area contributed by atoms with Gasteiger partial charge >= 0.3 is 0 Å². The fourth-order valence-electron chi connectivity index (χ4n) is 1.80. The minimum absolute atomic E-state index is 1.21. The van der Waals surface area contributed by atoms with Crippen LogP contribution in [0, 0.1) is 0 Å². The van der Waals surface area contributed by atoms with Crippen LogP contribution in [0.5, 0.6) is 0 Å². The van der Waals surface area contributed by atoms with Crippen LogP contribution in [0.3, 0.4) is 0 Å². The molecule has 2 heteroatoms. The van der Waals surface area contributed by atoms with Gasteiger partial charge in [-0.1, -0.05) is 56.7 Å². The first-order valence-corrected chi connectivity index (χ1v) is 7.16. The van der Waals surface area contributed by atoms with Crippen LogP contribution >= 0.6 is 12.6 Å². The largest absolute Gasteiger partial charge is 0.355 e. The molecule has 96 valence electrons. The van der Waals surface area contributed by atoms with E-state index in [1.807, 2.05) is 0 Å². The van der Waals surface area contributed by atoms with E-state index >= 15 is 0 Å². The number of hydrogen-bond donors (Lipinski definition) is 2. The molecule has 0 atom stereocenters. The van der Waals surface area contributed by atoms with Gasteiger partial charge in [0.05, 0.1) is 0 Å². The fourth-order valence-corrected chi connectivity index (χ4v) is 1.80. The Morgan fingerprint density at radius 3 is 1.50 bits per heavy atom. The van der Waals surface area contributed by atoms with Gasteiger partial charge in [0.25, 0.3) is 0 Å². The molecule has 0 aliphatic rings. The van der Waals surface area contributed by atoms with Gasteiger partial charge in [-0.25, -0.2) is 0 Å². The number of nitrogens with one attached hydrogen (secondary N) is 1. The molecule has 0 saturated carbocycles. The zero-order chi connectivity index (χ0) is 13.4. The summed E-state index contributed by atoms with van der Waals surface area (Å²) < 4.78 is 0. The molecule has 0 spiro atoms. The lowest BCUT2D eigenvalue weighted by atomic mass is 10.2. The second kappa shape index (κ2) is 7.83. The molecule has 3 rings (SSSR count). The van der Waals surface area contributed by atoms with E-state index in [1.165, 1.54) is 28.2 Å². The summed E-state index contributed by atoms with van der Waals surface area (Å²) in [6.07, 6.45) is 2.94.